The quantitative estimate of drug-likeness (QED) is 0.794. The van der Waals surface area contributed by atoms with E-state index in [1.54, 1.807) is 18.4 Å². The van der Waals surface area contributed by atoms with Crippen LogP contribution in [-0.2, 0) is 6.42 Å². The highest BCUT2D eigenvalue weighted by Gasteiger charge is 2.17. The van der Waals surface area contributed by atoms with Crippen LogP contribution >= 0.6 is 11.3 Å². The average Bonchev–Trinajstić information content (AvgIpc) is 3.03. The minimum absolute atomic E-state index is 0.164. The van der Waals surface area contributed by atoms with E-state index in [1.807, 2.05) is 35.7 Å². The molecule has 0 fully saturated rings. The van der Waals surface area contributed by atoms with Crippen molar-refractivity contribution in [1.29, 1.82) is 0 Å². The van der Waals surface area contributed by atoms with E-state index in [9.17, 15) is 0 Å². The number of ether oxygens (including phenoxy) is 1. The Hall–Kier alpha value is -1.85. The summed E-state index contributed by atoms with van der Waals surface area (Å²) in [5.41, 5.74) is 7.86. The summed E-state index contributed by atoms with van der Waals surface area (Å²) in [4.78, 5) is 5.45. The fraction of sp³-hybridized carbons (Fsp3) is 0.214. The summed E-state index contributed by atoms with van der Waals surface area (Å²) in [5, 5.41) is 1.97. The molecule has 0 saturated carbocycles. The zero-order valence-electron chi connectivity index (χ0n) is 10.5. The van der Waals surface area contributed by atoms with Crippen LogP contribution in [0.1, 0.15) is 16.8 Å². The number of fused-ring (bicyclic) bond motifs is 1. The Kier molecular flexibility index (Phi) is 3.23. The molecule has 0 bridgehead atoms. The van der Waals surface area contributed by atoms with Gasteiger partial charge in [-0.25, -0.2) is 4.98 Å². The van der Waals surface area contributed by atoms with E-state index in [1.165, 1.54) is 0 Å². The van der Waals surface area contributed by atoms with Crippen LogP contribution in [0, 0.1) is 0 Å². The van der Waals surface area contributed by atoms with Gasteiger partial charge in [-0.15, -0.1) is 11.3 Å². The number of hydrogen-bond acceptors (Lipinski definition) is 5. The van der Waals surface area contributed by atoms with Gasteiger partial charge in [-0.2, -0.15) is 0 Å². The van der Waals surface area contributed by atoms with Crippen molar-refractivity contribution >= 4 is 22.4 Å². The Bertz CT molecular complexity index is 656. The second-order valence-corrected chi connectivity index (χ2v) is 5.19. The molecule has 1 unspecified atom stereocenters. The minimum atomic E-state index is -0.164. The zero-order valence-corrected chi connectivity index (χ0v) is 11.3. The van der Waals surface area contributed by atoms with Crippen LogP contribution in [0.2, 0.25) is 0 Å². The summed E-state index contributed by atoms with van der Waals surface area (Å²) in [6, 6.07) is 9.47. The summed E-state index contributed by atoms with van der Waals surface area (Å²) in [6.45, 7) is 0. The lowest BCUT2D eigenvalue weighted by atomic mass is 10.2. The van der Waals surface area contributed by atoms with Gasteiger partial charge in [0.25, 0.3) is 0 Å². The average molecular weight is 274 g/mol. The van der Waals surface area contributed by atoms with E-state index in [0.717, 1.165) is 21.7 Å². The summed E-state index contributed by atoms with van der Waals surface area (Å²) in [5.74, 6) is 1.48. The highest BCUT2D eigenvalue weighted by atomic mass is 32.1. The summed E-state index contributed by atoms with van der Waals surface area (Å²) >= 11 is 1.59. The standard InChI is InChI=1S/C14H14N2O2S/c1-17-12-6-7-19-14(12)9(15)8-13-16-10-4-2-3-5-11(10)18-13/h2-7,9H,8,15H2,1H3. The van der Waals surface area contributed by atoms with Crippen LogP contribution in [-0.4, -0.2) is 12.1 Å². The predicted octanol–water partition coefficient (Wildman–Crippen LogP) is 3.14. The molecule has 3 aromatic rings. The van der Waals surface area contributed by atoms with Crippen molar-refractivity contribution < 1.29 is 9.15 Å². The van der Waals surface area contributed by atoms with Gasteiger partial charge >= 0.3 is 0 Å². The molecule has 0 saturated heterocycles. The first kappa shape index (κ1) is 12.2. The highest BCUT2D eigenvalue weighted by molar-refractivity contribution is 7.10. The first-order chi connectivity index (χ1) is 9.28. The normalized spacial score (nSPS) is 12.7. The van der Waals surface area contributed by atoms with Gasteiger partial charge in [-0.3, -0.25) is 0 Å². The molecule has 98 valence electrons. The lowest BCUT2D eigenvalue weighted by molar-refractivity contribution is 0.406. The molecule has 3 rings (SSSR count). The topological polar surface area (TPSA) is 61.3 Å². The van der Waals surface area contributed by atoms with Crippen LogP contribution < -0.4 is 10.5 Å². The van der Waals surface area contributed by atoms with E-state index >= 15 is 0 Å². The Morgan fingerprint density at radius 2 is 2.21 bits per heavy atom. The van der Waals surface area contributed by atoms with Crippen LogP contribution in [0.25, 0.3) is 11.1 Å². The fourth-order valence-corrected chi connectivity index (χ4v) is 2.90. The molecule has 1 atom stereocenters. The van der Waals surface area contributed by atoms with E-state index in [-0.39, 0.29) is 6.04 Å². The molecule has 2 aromatic heterocycles. The van der Waals surface area contributed by atoms with Crippen molar-refractivity contribution in [1.82, 2.24) is 4.98 Å². The fourth-order valence-electron chi connectivity index (χ4n) is 2.04. The Labute approximate surface area is 114 Å². The molecule has 4 nitrogen and oxygen atoms in total. The molecular weight excluding hydrogens is 260 g/mol. The molecule has 19 heavy (non-hydrogen) atoms. The van der Waals surface area contributed by atoms with Gasteiger partial charge in [0.05, 0.1) is 18.0 Å². The van der Waals surface area contributed by atoms with Crippen molar-refractivity contribution in [3.63, 3.8) is 0 Å². The number of benzene rings is 1. The SMILES string of the molecule is COc1ccsc1C(N)Cc1nc2ccccc2o1. The summed E-state index contributed by atoms with van der Waals surface area (Å²) in [6.07, 6.45) is 0.561. The lowest BCUT2D eigenvalue weighted by Crippen LogP contribution is -2.12. The molecule has 5 heteroatoms. The van der Waals surface area contributed by atoms with E-state index in [4.69, 9.17) is 14.9 Å². The molecule has 0 amide bonds. The summed E-state index contributed by atoms with van der Waals surface area (Å²) < 4.78 is 11.0. The largest absolute Gasteiger partial charge is 0.496 e. The molecule has 0 aliphatic rings. The number of nitrogens with two attached hydrogens (primary N) is 1. The highest BCUT2D eigenvalue weighted by Crippen LogP contribution is 2.31. The first-order valence-electron chi connectivity index (χ1n) is 5.99. The maximum Gasteiger partial charge on any atom is 0.197 e. The second-order valence-electron chi connectivity index (χ2n) is 4.24. The molecule has 0 radical (unpaired) electrons. The summed E-state index contributed by atoms with van der Waals surface area (Å²) in [7, 11) is 1.65. The zero-order chi connectivity index (χ0) is 13.2. The van der Waals surface area contributed by atoms with Crippen molar-refractivity contribution in [3.05, 3.63) is 46.5 Å². The van der Waals surface area contributed by atoms with Gasteiger partial charge in [-0.1, -0.05) is 12.1 Å². The maximum atomic E-state index is 6.20. The smallest absolute Gasteiger partial charge is 0.197 e. The number of methoxy groups -OCH3 is 1. The van der Waals surface area contributed by atoms with Crippen LogP contribution in [0.3, 0.4) is 0 Å². The molecule has 0 spiro atoms. The number of rotatable bonds is 4. The van der Waals surface area contributed by atoms with Crippen molar-refractivity contribution in [3.8, 4) is 5.75 Å². The Morgan fingerprint density at radius 1 is 1.37 bits per heavy atom. The molecule has 2 N–H and O–H groups in total. The molecule has 1 aromatic carbocycles. The van der Waals surface area contributed by atoms with Crippen LogP contribution in [0.5, 0.6) is 5.75 Å². The maximum absolute atomic E-state index is 6.20. The number of hydrogen-bond donors (Lipinski definition) is 1. The van der Waals surface area contributed by atoms with Gasteiger partial charge in [-0.05, 0) is 23.6 Å². The number of thiophene rings is 1. The van der Waals surface area contributed by atoms with Crippen molar-refractivity contribution in [2.75, 3.05) is 7.11 Å². The van der Waals surface area contributed by atoms with Gasteiger partial charge in [0.15, 0.2) is 11.5 Å². The number of aromatic nitrogens is 1. The third-order valence-corrected chi connectivity index (χ3v) is 3.98. The number of oxazole rings is 1. The predicted molar refractivity (Wildman–Crippen MR) is 75.5 cm³/mol. The van der Waals surface area contributed by atoms with E-state index in [0.29, 0.717) is 12.3 Å². The van der Waals surface area contributed by atoms with Crippen molar-refractivity contribution in [2.24, 2.45) is 5.73 Å². The number of para-hydroxylation sites is 2. The van der Waals surface area contributed by atoms with E-state index in [2.05, 4.69) is 4.98 Å². The van der Waals surface area contributed by atoms with Crippen LogP contribution in [0.15, 0.2) is 40.1 Å². The monoisotopic (exact) mass is 274 g/mol. The lowest BCUT2D eigenvalue weighted by Gasteiger charge is -2.09. The van der Waals surface area contributed by atoms with Gasteiger partial charge in [0.1, 0.15) is 11.3 Å². The van der Waals surface area contributed by atoms with E-state index < -0.39 is 0 Å². The number of nitrogens with zero attached hydrogens (tertiary/aromatic N) is 1. The van der Waals surface area contributed by atoms with Gasteiger partial charge in [0.2, 0.25) is 0 Å². The van der Waals surface area contributed by atoms with Gasteiger partial charge in [0, 0.05) is 6.42 Å². The molecular formula is C14H14N2O2S. The van der Waals surface area contributed by atoms with Crippen LogP contribution in [0.4, 0.5) is 0 Å². The van der Waals surface area contributed by atoms with Crippen molar-refractivity contribution in [2.45, 2.75) is 12.5 Å². The third-order valence-electron chi connectivity index (χ3n) is 2.95. The third kappa shape index (κ3) is 2.34. The molecule has 2 heterocycles. The molecule has 0 aliphatic heterocycles. The van der Waals surface area contributed by atoms with Gasteiger partial charge < -0.3 is 14.9 Å². The second kappa shape index (κ2) is 5.03. The Morgan fingerprint density at radius 3 is 3.00 bits per heavy atom. The Balaban J connectivity index is 1.84. The molecule has 0 aliphatic carbocycles. The first-order valence-corrected chi connectivity index (χ1v) is 6.87. The minimum Gasteiger partial charge on any atom is -0.496 e.